The van der Waals surface area contributed by atoms with E-state index in [0.717, 1.165) is 36.8 Å². The number of aliphatic hydroxyl groups excluding tert-OH is 1. The number of benzene rings is 2. The van der Waals surface area contributed by atoms with Gasteiger partial charge in [-0.3, -0.25) is 9.69 Å². The van der Waals surface area contributed by atoms with Crippen LogP contribution in [0.25, 0.3) is 11.1 Å². The van der Waals surface area contributed by atoms with Gasteiger partial charge in [-0.15, -0.1) is 0 Å². The lowest BCUT2D eigenvalue weighted by molar-refractivity contribution is -0.140. The molecule has 1 heterocycles. The Bertz CT molecular complexity index is 967. The number of aliphatic hydroxyl groups is 1. The smallest absolute Gasteiger partial charge is 0.410 e. The summed E-state index contributed by atoms with van der Waals surface area (Å²) < 4.78 is 5.96. The van der Waals surface area contributed by atoms with Gasteiger partial charge in [-0.1, -0.05) is 88.1 Å². The molecule has 2 N–H and O–H groups in total. The number of rotatable bonds is 9. The second kappa shape index (κ2) is 10.6. The molecule has 1 aliphatic carbocycles. The van der Waals surface area contributed by atoms with Crippen LogP contribution in [0.4, 0.5) is 4.79 Å². The van der Waals surface area contributed by atoms with Gasteiger partial charge in [0.05, 0.1) is 12.6 Å². The zero-order chi connectivity index (χ0) is 24.1. The van der Waals surface area contributed by atoms with Crippen molar-refractivity contribution in [2.75, 3.05) is 19.8 Å². The van der Waals surface area contributed by atoms with E-state index < -0.39 is 17.7 Å². The Kier molecular flexibility index (Phi) is 7.57. The average molecular weight is 465 g/mol. The Labute approximate surface area is 202 Å². The summed E-state index contributed by atoms with van der Waals surface area (Å²) in [6.45, 7) is 4.43. The van der Waals surface area contributed by atoms with Gasteiger partial charge in [0, 0.05) is 12.5 Å². The number of amides is 2. The molecule has 182 valence electrons. The topological polar surface area (TPSA) is 78.9 Å². The fourth-order valence-corrected chi connectivity index (χ4v) is 5.47. The molecule has 2 amide bonds. The van der Waals surface area contributed by atoms with Crippen molar-refractivity contribution in [1.82, 2.24) is 10.2 Å². The first-order valence-electron chi connectivity index (χ1n) is 12.6. The van der Waals surface area contributed by atoms with E-state index in [1.807, 2.05) is 24.3 Å². The molecular weight excluding hydrogens is 428 g/mol. The average Bonchev–Trinajstić information content (AvgIpc) is 3.19. The van der Waals surface area contributed by atoms with Crippen LogP contribution in [0.3, 0.4) is 0 Å². The summed E-state index contributed by atoms with van der Waals surface area (Å²) in [5, 5.41) is 12.7. The van der Waals surface area contributed by atoms with Crippen molar-refractivity contribution in [3.8, 4) is 11.1 Å². The third-order valence-corrected chi connectivity index (χ3v) is 7.34. The van der Waals surface area contributed by atoms with Crippen molar-refractivity contribution in [3.63, 3.8) is 0 Å². The van der Waals surface area contributed by atoms with Gasteiger partial charge in [-0.05, 0) is 35.1 Å². The fraction of sp³-hybridized carbons (Fsp3) is 0.500. The van der Waals surface area contributed by atoms with Crippen LogP contribution < -0.4 is 5.32 Å². The maximum Gasteiger partial charge on any atom is 0.410 e. The van der Waals surface area contributed by atoms with Crippen molar-refractivity contribution in [2.24, 2.45) is 0 Å². The van der Waals surface area contributed by atoms with E-state index in [2.05, 4.69) is 43.4 Å². The van der Waals surface area contributed by atoms with Gasteiger partial charge in [0.2, 0.25) is 5.91 Å². The summed E-state index contributed by atoms with van der Waals surface area (Å²) in [5.41, 5.74) is 3.74. The lowest BCUT2D eigenvalue weighted by Crippen LogP contribution is -2.70. The fourth-order valence-electron chi connectivity index (χ4n) is 5.47. The minimum Gasteiger partial charge on any atom is -0.448 e. The molecule has 2 aliphatic rings. The number of carbonyl (C=O) groups is 2. The molecule has 0 bridgehead atoms. The minimum absolute atomic E-state index is 0.0377. The van der Waals surface area contributed by atoms with E-state index in [-0.39, 0.29) is 31.6 Å². The van der Waals surface area contributed by atoms with E-state index in [1.54, 1.807) is 4.90 Å². The van der Waals surface area contributed by atoms with Crippen molar-refractivity contribution in [2.45, 2.75) is 69.9 Å². The summed E-state index contributed by atoms with van der Waals surface area (Å²) in [7, 11) is 0. The summed E-state index contributed by atoms with van der Waals surface area (Å²) in [6.07, 6.45) is 4.27. The molecule has 1 atom stereocenters. The van der Waals surface area contributed by atoms with Crippen LogP contribution in [0.1, 0.15) is 69.4 Å². The highest BCUT2D eigenvalue weighted by Crippen LogP contribution is 2.44. The maximum atomic E-state index is 13.6. The second-order valence-corrected chi connectivity index (χ2v) is 9.51. The van der Waals surface area contributed by atoms with Crippen molar-refractivity contribution in [3.05, 3.63) is 59.7 Å². The largest absolute Gasteiger partial charge is 0.448 e. The molecule has 0 spiro atoms. The molecule has 6 heteroatoms. The summed E-state index contributed by atoms with van der Waals surface area (Å²) >= 11 is 0. The Morgan fingerprint density at radius 1 is 1.03 bits per heavy atom. The Morgan fingerprint density at radius 3 is 2.12 bits per heavy atom. The van der Waals surface area contributed by atoms with Crippen molar-refractivity contribution < 1.29 is 19.4 Å². The van der Waals surface area contributed by atoms with Gasteiger partial charge in [0.1, 0.15) is 12.1 Å². The quantitative estimate of drug-likeness (QED) is 0.556. The van der Waals surface area contributed by atoms with Crippen LogP contribution in [0, 0.1) is 0 Å². The van der Waals surface area contributed by atoms with Crippen molar-refractivity contribution >= 4 is 12.0 Å². The third kappa shape index (κ3) is 4.43. The van der Waals surface area contributed by atoms with Gasteiger partial charge >= 0.3 is 6.09 Å². The zero-order valence-corrected chi connectivity index (χ0v) is 20.3. The molecule has 0 aromatic heterocycles. The maximum absolute atomic E-state index is 13.6. The number of fused-ring (bicyclic) bond motifs is 3. The highest BCUT2D eigenvalue weighted by Gasteiger charge is 2.50. The van der Waals surface area contributed by atoms with Crippen LogP contribution in [-0.4, -0.2) is 53.3 Å². The van der Waals surface area contributed by atoms with Gasteiger partial charge in [-0.2, -0.15) is 0 Å². The molecule has 1 saturated heterocycles. The summed E-state index contributed by atoms with van der Waals surface area (Å²) in [5.74, 6) is -0.211. The molecule has 2 aromatic rings. The van der Waals surface area contributed by atoms with Gasteiger partial charge in [0.25, 0.3) is 0 Å². The minimum atomic E-state index is -0.930. The molecule has 34 heavy (non-hydrogen) atoms. The lowest BCUT2D eigenvalue weighted by Gasteiger charge is -2.48. The van der Waals surface area contributed by atoms with Crippen LogP contribution in [-0.2, 0) is 9.53 Å². The highest BCUT2D eigenvalue weighted by atomic mass is 16.6. The van der Waals surface area contributed by atoms with E-state index in [4.69, 9.17) is 4.74 Å². The lowest BCUT2D eigenvalue weighted by atomic mass is 9.82. The number of carbonyl (C=O) groups excluding carboxylic acids is 2. The summed E-state index contributed by atoms with van der Waals surface area (Å²) in [4.78, 5) is 28.5. The molecule has 1 aliphatic heterocycles. The molecule has 6 nitrogen and oxygen atoms in total. The van der Waals surface area contributed by atoms with Crippen LogP contribution in [0.15, 0.2) is 48.5 Å². The zero-order valence-electron chi connectivity index (χ0n) is 20.3. The second-order valence-electron chi connectivity index (χ2n) is 9.51. The Hall–Kier alpha value is -2.86. The van der Waals surface area contributed by atoms with Gasteiger partial charge < -0.3 is 15.2 Å². The molecule has 2 aromatic carbocycles. The number of ether oxygens (including phenoxy) is 1. The monoisotopic (exact) mass is 464 g/mol. The number of unbranched alkanes of at least 4 members (excludes halogenated alkanes) is 2. The normalized spacial score (nSPS) is 18.9. The molecule has 4 rings (SSSR count). The predicted octanol–water partition coefficient (Wildman–Crippen LogP) is 4.85. The van der Waals surface area contributed by atoms with E-state index in [0.29, 0.717) is 12.8 Å². The molecule has 0 saturated carbocycles. The summed E-state index contributed by atoms with van der Waals surface area (Å²) in [6, 6.07) is 16.0. The molecule has 0 radical (unpaired) electrons. The van der Waals surface area contributed by atoms with Crippen LogP contribution in [0.2, 0.25) is 0 Å². The first-order chi connectivity index (χ1) is 16.6. The van der Waals surface area contributed by atoms with E-state index in [9.17, 15) is 14.7 Å². The van der Waals surface area contributed by atoms with E-state index in [1.165, 1.54) is 11.1 Å². The number of nitrogens with zero attached hydrogens (tertiary/aromatic N) is 1. The number of nitrogens with one attached hydrogen (secondary N) is 1. The Balaban J connectivity index is 1.59. The van der Waals surface area contributed by atoms with E-state index >= 15 is 0 Å². The molecule has 1 fully saturated rings. The van der Waals surface area contributed by atoms with Crippen LogP contribution >= 0.6 is 0 Å². The number of piperazine rings is 1. The first-order valence-corrected chi connectivity index (χ1v) is 12.6. The number of hydrogen-bond donors (Lipinski definition) is 2. The van der Waals surface area contributed by atoms with Gasteiger partial charge in [0.15, 0.2) is 0 Å². The molecule has 0 unspecified atom stereocenters. The third-order valence-electron chi connectivity index (χ3n) is 7.34. The van der Waals surface area contributed by atoms with Gasteiger partial charge in [-0.25, -0.2) is 4.79 Å². The van der Waals surface area contributed by atoms with Crippen molar-refractivity contribution in [1.29, 1.82) is 0 Å². The number of hydrogen-bond acceptors (Lipinski definition) is 4. The molecular formula is C28H36N2O4. The highest BCUT2D eigenvalue weighted by molar-refractivity contribution is 5.91. The standard InChI is InChI=1S/C28H36N2O4/c1-3-5-15-28(16-6-4-2)26(32)29-20(18-31)17-30(28)27(33)34-19-25-23-13-9-7-11-21(23)22-12-8-10-14-24(22)25/h7-14,20,25,31H,3-6,15-19H2,1-2H3,(H,29,32)/t20-/m1/s1. The first kappa shape index (κ1) is 24.3. The Morgan fingerprint density at radius 2 is 1.59 bits per heavy atom. The SMILES string of the molecule is CCCCC1(CCCC)C(=O)N[C@@H](CO)CN1C(=O)OCC1c2ccccc2-c2ccccc21. The van der Waals surface area contributed by atoms with Crippen LogP contribution in [0.5, 0.6) is 0 Å². The predicted molar refractivity (Wildman–Crippen MR) is 133 cm³/mol.